The van der Waals surface area contributed by atoms with Crippen LogP contribution < -0.4 is 0 Å². The molecule has 2 saturated heterocycles. The van der Waals surface area contributed by atoms with Crippen LogP contribution in [0.25, 0.3) is 0 Å². The summed E-state index contributed by atoms with van der Waals surface area (Å²) in [5.41, 5.74) is 0. The zero-order chi connectivity index (χ0) is 12.5. The molecule has 0 aromatic rings. The Hall–Kier alpha value is 0.930. The SMILES string of the molecule is CC(C)(N1CC[S+]([O-])CC1)[SH]1CCN(S)CC1. The Balaban J connectivity index is 1.93. The maximum absolute atomic E-state index is 11.4. The van der Waals surface area contributed by atoms with Crippen LogP contribution in [0, 0.1) is 0 Å². The van der Waals surface area contributed by atoms with Crippen molar-refractivity contribution in [3.63, 3.8) is 0 Å². The average Bonchev–Trinajstić information content (AvgIpc) is 2.30. The first-order valence-corrected chi connectivity index (χ1v) is 9.89. The average molecular weight is 297 g/mol. The Bertz CT molecular complexity index is 225. The third kappa shape index (κ3) is 3.48. The first-order valence-electron chi connectivity index (χ1n) is 6.29. The topological polar surface area (TPSA) is 29.5 Å². The van der Waals surface area contributed by atoms with Gasteiger partial charge in [0, 0.05) is 31.0 Å². The van der Waals surface area contributed by atoms with Gasteiger partial charge in [0.1, 0.15) is 11.5 Å². The molecule has 0 spiro atoms. The van der Waals surface area contributed by atoms with Crippen LogP contribution in [0.2, 0.25) is 0 Å². The lowest BCUT2D eigenvalue weighted by atomic mass is 10.3. The number of hydrogen-bond donors (Lipinski definition) is 2. The molecule has 0 aliphatic carbocycles. The summed E-state index contributed by atoms with van der Waals surface area (Å²) in [6, 6.07) is 0. The molecule has 0 radical (unpaired) electrons. The van der Waals surface area contributed by atoms with Gasteiger partial charge in [-0.1, -0.05) is 24.0 Å². The predicted molar refractivity (Wildman–Crippen MR) is 82.8 cm³/mol. The van der Waals surface area contributed by atoms with E-state index in [1.54, 1.807) is 0 Å². The van der Waals surface area contributed by atoms with Gasteiger partial charge in [-0.15, -0.1) is 0 Å². The van der Waals surface area contributed by atoms with Crippen molar-refractivity contribution in [3.8, 4) is 0 Å². The Morgan fingerprint density at radius 3 is 2.18 bits per heavy atom. The molecule has 0 atom stereocenters. The monoisotopic (exact) mass is 296 g/mol. The molecule has 0 aromatic heterocycles. The molecule has 0 saturated carbocycles. The molecule has 0 unspecified atom stereocenters. The smallest absolute Gasteiger partial charge is 0.118 e. The number of thiol groups is 2. The summed E-state index contributed by atoms with van der Waals surface area (Å²) in [6.07, 6.45) is 0. The number of rotatable bonds is 2. The van der Waals surface area contributed by atoms with Gasteiger partial charge < -0.3 is 4.55 Å². The summed E-state index contributed by atoms with van der Waals surface area (Å²) >= 11 is 3.87. The van der Waals surface area contributed by atoms with Gasteiger partial charge in [0.25, 0.3) is 0 Å². The molecule has 102 valence electrons. The summed E-state index contributed by atoms with van der Waals surface area (Å²) in [5, 5.41) is 0. The quantitative estimate of drug-likeness (QED) is 0.587. The van der Waals surface area contributed by atoms with Crippen LogP contribution in [-0.2, 0) is 11.2 Å². The van der Waals surface area contributed by atoms with Crippen molar-refractivity contribution in [2.24, 2.45) is 0 Å². The van der Waals surface area contributed by atoms with Gasteiger partial charge in [0.15, 0.2) is 0 Å². The van der Waals surface area contributed by atoms with Gasteiger partial charge in [0.2, 0.25) is 0 Å². The lowest BCUT2D eigenvalue weighted by Crippen LogP contribution is -2.53. The highest BCUT2D eigenvalue weighted by atomic mass is 32.2. The first kappa shape index (κ1) is 14.3. The molecular weight excluding hydrogens is 272 g/mol. The third-order valence-electron chi connectivity index (χ3n) is 3.98. The van der Waals surface area contributed by atoms with Crippen LogP contribution in [0.1, 0.15) is 13.8 Å². The highest BCUT2D eigenvalue weighted by Crippen LogP contribution is 2.45. The van der Waals surface area contributed by atoms with E-state index in [9.17, 15) is 4.55 Å². The minimum atomic E-state index is -0.561. The van der Waals surface area contributed by atoms with Gasteiger partial charge in [0.05, 0.1) is 0 Å². The molecule has 0 N–H and O–H groups in total. The molecule has 2 aliphatic heterocycles. The van der Waals surface area contributed by atoms with Gasteiger partial charge in [-0.2, -0.15) is 0 Å². The van der Waals surface area contributed by atoms with Gasteiger partial charge >= 0.3 is 0 Å². The maximum Gasteiger partial charge on any atom is 0.118 e. The van der Waals surface area contributed by atoms with Crippen molar-refractivity contribution in [2.75, 3.05) is 49.2 Å². The van der Waals surface area contributed by atoms with Crippen molar-refractivity contribution in [1.82, 2.24) is 9.21 Å². The molecule has 0 aromatic carbocycles. The van der Waals surface area contributed by atoms with Crippen LogP contribution in [0.5, 0.6) is 0 Å². The van der Waals surface area contributed by atoms with E-state index >= 15 is 0 Å². The van der Waals surface area contributed by atoms with Gasteiger partial charge in [-0.3, -0.25) is 9.21 Å². The van der Waals surface area contributed by atoms with Gasteiger partial charge in [-0.05, 0) is 25.4 Å². The summed E-state index contributed by atoms with van der Waals surface area (Å²) in [5.74, 6) is 4.33. The largest absolute Gasteiger partial charge is 0.616 e. The molecule has 2 rings (SSSR count). The zero-order valence-corrected chi connectivity index (χ0v) is 13.4. The Morgan fingerprint density at radius 2 is 1.65 bits per heavy atom. The van der Waals surface area contributed by atoms with E-state index < -0.39 is 11.2 Å². The van der Waals surface area contributed by atoms with E-state index in [1.165, 1.54) is 11.5 Å². The molecule has 2 aliphatic rings. The fraction of sp³-hybridized carbons (Fsp3) is 1.00. The van der Waals surface area contributed by atoms with E-state index in [4.69, 9.17) is 0 Å². The van der Waals surface area contributed by atoms with E-state index in [1.807, 2.05) is 0 Å². The molecule has 2 heterocycles. The third-order valence-corrected chi connectivity index (χ3v) is 8.97. The van der Waals surface area contributed by atoms with Crippen molar-refractivity contribution in [1.29, 1.82) is 0 Å². The normalized spacial score (nSPS) is 28.6. The van der Waals surface area contributed by atoms with Gasteiger partial charge in [-0.25, -0.2) is 10.9 Å². The van der Waals surface area contributed by atoms with Crippen molar-refractivity contribution < 1.29 is 4.55 Å². The molecule has 0 bridgehead atoms. The highest BCUT2D eigenvalue weighted by Gasteiger charge is 2.37. The fourth-order valence-corrected chi connectivity index (χ4v) is 7.08. The van der Waals surface area contributed by atoms with Crippen LogP contribution in [0.15, 0.2) is 0 Å². The van der Waals surface area contributed by atoms with E-state index in [0.717, 1.165) is 37.7 Å². The van der Waals surface area contributed by atoms with Crippen LogP contribution in [0.4, 0.5) is 0 Å². The molecule has 3 nitrogen and oxygen atoms in total. The van der Waals surface area contributed by atoms with E-state index in [-0.39, 0.29) is 10.9 Å². The second-order valence-electron chi connectivity index (χ2n) is 5.27. The Morgan fingerprint density at radius 1 is 1.12 bits per heavy atom. The lowest BCUT2D eigenvalue weighted by molar-refractivity contribution is 0.210. The Labute approximate surface area is 116 Å². The van der Waals surface area contributed by atoms with Crippen molar-refractivity contribution in [2.45, 2.75) is 18.7 Å². The Kier molecular flexibility index (Phi) is 5.00. The molecule has 6 heteroatoms. The molecule has 0 amide bonds. The van der Waals surface area contributed by atoms with Crippen LogP contribution in [0.3, 0.4) is 0 Å². The minimum absolute atomic E-state index is 0.0577. The second-order valence-corrected chi connectivity index (χ2v) is 10.6. The molecular formula is C11H24N2OS3. The second kappa shape index (κ2) is 5.92. The molecule has 2 fully saturated rings. The van der Waals surface area contributed by atoms with Crippen LogP contribution >= 0.6 is 23.7 Å². The zero-order valence-electron chi connectivity index (χ0n) is 10.8. The predicted octanol–water partition coefficient (Wildman–Crippen LogP) is 0.948. The van der Waals surface area contributed by atoms with E-state index in [0.29, 0.717) is 4.87 Å². The fourth-order valence-electron chi connectivity index (χ4n) is 2.63. The number of nitrogens with zero attached hydrogens (tertiary/aromatic N) is 2. The summed E-state index contributed by atoms with van der Waals surface area (Å²) < 4.78 is 13.6. The molecule has 17 heavy (non-hydrogen) atoms. The minimum Gasteiger partial charge on any atom is -0.616 e. The highest BCUT2D eigenvalue weighted by molar-refractivity contribution is 8.18. The van der Waals surface area contributed by atoms with Crippen molar-refractivity contribution >= 4 is 34.9 Å². The lowest BCUT2D eigenvalue weighted by Gasteiger charge is -2.50. The number of hydrogen-bond acceptors (Lipinski definition) is 4. The maximum atomic E-state index is 11.4. The summed E-state index contributed by atoms with van der Waals surface area (Å²) in [6.45, 7) is 9.06. The first-order chi connectivity index (χ1) is 8.00. The van der Waals surface area contributed by atoms with E-state index in [2.05, 4.69) is 35.9 Å². The summed E-state index contributed by atoms with van der Waals surface area (Å²) in [7, 11) is 0.0577. The summed E-state index contributed by atoms with van der Waals surface area (Å²) in [4.78, 5) is 2.89. The van der Waals surface area contributed by atoms with Crippen LogP contribution in [-0.4, -0.2) is 67.8 Å². The standard InChI is InChI=1S/C11H24N2OS3/c1-11(2,12-3-9-17(14)10-4-12)16-7-5-13(15)6-8-16/h15-16H,3-10H2,1-2H3. The van der Waals surface area contributed by atoms with Crippen molar-refractivity contribution in [3.05, 3.63) is 0 Å².